The van der Waals surface area contributed by atoms with Gasteiger partial charge < -0.3 is 4.90 Å². The first-order chi connectivity index (χ1) is 8.45. The van der Waals surface area contributed by atoms with Crippen molar-refractivity contribution in [2.75, 3.05) is 32.4 Å². The van der Waals surface area contributed by atoms with E-state index in [0.29, 0.717) is 0 Å². The molecule has 0 unspecified atom stereocenters. The molecular formula is C12H22N2O3S. The second-order valence-corrected chi connectivity index (χ2v) is 6.58. The van der Waals surface area contributed by atoms with Gasteiger partial charge in [-0.1, -0.05) is 6.08 Å². The van der Waals surface area contributed by atoms with E-state index in [2.05, 4.69) is 6.58 Å². The van der Waals surface area contributed by atoms with Gasteiger partial charge in [-0.25, -0.2) is 8.42 Å². The lowest BCUT2D eigenvalue weighted by molar-refractivity contribution is -0.132. The second-order valence-electron chi connectivity index (χ2n) is 4.60. The number of hydrogen-bond donors (Lipinski definition) is 0. The maximum absolute atomic E-state index is 11.9. The third-order valence-electron chi connectivity index (χ3n) is 3.09. The molecule has 6 heteroatoms. The molecule has 5 nitrogen and oxygen atoms in total. The van der Waals surface area contributed by atoms with E-state index in [0.717, 1.165) is 32.2 Å². The number of hydrogen-bond acceptors (Lipinski definition) is 3. The van der Waals surface area contributed by atoms with E-state index in [1.165, 1.54) is 16.8 Å². The summed E-state index contributed by atoms with van der Waals surface area (Å²) in [6.45, 7) is 5.63. The summed E-state index contributed by atoms with van der Waals surface area (Å²) < 4.78 is 24.2. The molecule has 0 aliphatic carbocycles. The molecule has 1 aliphatic heterocycles. The first-order valence-corrected chi connectivity index (χ1v) is 8.14. The van der Waals surface area contributed by atoms with Crippen LogP contribution in [0.3, 0.4) is 0 Å². The largest absolute Gasteiger partial charge is 0.343 e. The molecule has 0 N–H and O–H groups in total. The van der Waals surface area contributed by atoms with E-state index in [-0.39, 0.29) is 25.4 Å². The van der Waals surface area contributed by atoms with Gasteiger partial charge in [0.25, 0.3) is 0 Å². The molecule has 1 rings (SSSR count). The zero-order chi connectivity index (χ0) is 13.6. The highest BCUT2D eigenvalue weighted by Crippen LogP contribution is 2.10. The van der Waals surface area contributed by atoms with Crippen molar-refractivity contribution in [1.29, 1.82) is 0 Å². The van der Waals surface area contributed by atoms with E-state index >= 15 is 0 Å². The van der Waals surface area contributed by atoms with Crippen molar-refractivity contribution < 1.29 is 13.2 Å². The fraction of sp³-hybridized carbons (Fsp3) is 0.750. The number of piperidine rings is 1. The summed E-state index contributed by atoms with van der Waals surface area (Å²) in [5, 5.41) is 0. The van der Waals surface area contributed by atoms with Gasteiger partial charge in [0.15, 0.2) is 0 Å². The number of carbonyl (C=O) groups excluding carboxylic acids is 1. The highest BCUT2D eigenvalue weighted by atomic mass is 32.2. The first-order valence-electron chi connectivity index (χ1n) is 6.29. The average molecular weight is 274 g/mol. The standard InChI is InChI=1S/C12H22N2O3S/c1-3-8-14(18(2,16)17)11-7-12(15)13-9-5-4-6-10-13/h3H,1,4-11H2,2H3. The van der Waals surface area contributed by atoms with Crippen LogP contribution in [-0.2, 0) is 14.8 Å². The van der Waals surface area contributed by atoms with Gasteiger partial charge in [0, 0.05) is 32.6 Å². The maximum Gasteiger partial charge on any atom is 0.223 e. The quantitative estimate of drug-likeness (QED) is 0.674. The highest BCUT2D eigenvalue weighted by Gasteiger charge is 2.20. The fourth-order valence-corrected chi connectivity index (χ4v) is 2.86. The summed E-state index contributed by atoms with van der Waals surface area (Å²) >= 11 is 0. The van der Waals surface area contributed by atoms with Gasteiger partial charge in [0.05, 0.1) is 6.26 Å². The van der Waals surface area contributed by atoms with Crippen LogP contribution < -0.4 is 0 Å². The summed E-state index contributed by atoms with van der Waals surface area (Å²) in [4.78, 5) is 13.7. The van der Waals surface area contributed by atoms with Gasteiger partial charge in [-0.3, -0.25) is 4.79 Å². The number of amides is 1. The number of nitrogens with zero attached hydrogens (tertiary/aromatic N) is 2. The minimum atomic E-state index is -3.26. The van der Waals surface area contributed by atoms with Gasteiger partial charge in [-0.15, -0.1) is 6.58 Å². The molecule has 0 atom stereocenters. The highest BCUT2D eigenvalue weighted by molar-refractivity contribution is 7.88. The monoisotopic (exact) mass is 274 g/mol. The van der Waals surface area contributed by atoms with Crippen molar-refractivity contribution in [3.8, 4) is 0 Å². The summed E-state index contributed by atoms with van der Waals surface area (Å²) in [5.41, 5.74) is 0. The van der Waals surface area contributed by atoms with Crippen molar-refractivity contribution in [3.63, 3.8) is 0 Å². The van der Waals surface area contributed by atoms with Gasteiger partial charge in [-0.05, 0) is 19.3 Å². The molecule has 0 aromatic heterocycles. The molecule has 1 saturated heterocycles. The molecule has 0 aromatic carbocycles. The molecule has 1 heterocycles. The number of likely N-dealkylation sites (tertiary alicyclic amines) is 1. The lowest BCUT2D eigenvalue weighted by Gasteiger charge is -2.27. The third kappa shape index (κ3) is 4.78. The predicted molar refractivity (Wildman–Crippen MR) is 71.7 cm³/mol. The van der Waals surface area contributed by atoms with E-state index in [9.17, 15) is 13.2 Å². The Bertz CT molecular complexity index is 386. The van der Waals surface area contributed by atoms with E-state index in [1.807, 2.05) is 4.90 Å². The van der Waals surface area contributed by atoms with Crippen molar-refractivity contribution in [2.45, 2.75) is 25.7 Å². The van der Waals surface area contributed by atoms with Crippen LogP contribution in [0, 0.1) is 0 Å². The van der Waals surface area contributed by atoms with Crippen molar-refractivity contribution >= 4 is 15.9 Å². The predicted octanol–water partition coefficient (Wildman–Crippen LogP) is 0.837. The van der Waals surface area contributed by atoms with Crippen LogP contribution in [0.5, 0.6) is 0 Å². The smallest absolute Gasteiger partial charge is 0.223 e. The normalized spacial score (nSPS) is 16.9. The van der Waals surface area contributed by atoms with E-state index in [4.69, 9.17) is 0 Å². The van der Waals surface area contributed by atoms with Crippen molar-refractivity contribution in [1.82, 2.24) is 9.21 Å². The Morgan fingerprint density at radius 2 is 1.94 bits per heavy atom. The van der Waals surface area contributed by atoms with Gasteiger partial charge in [0.2, 0.25) is 15.9 Å². The van der Waals surface area contributed by atoms with Crippen LogP contribution in [0.15, 0.2) is 12.7 Å². The molecule has 1 aliphatic rings. The molecule has 0 aromatic rings. The summed E-state index contributed by atoms with van der Waals surface area (Å²) in [6.07, 6.45) is 6.22. The number of sulfonamides is 1. The van der Waals surface area contributed by atoms with Crippen LogP contribution in [0.25, 0.3) is 0 Å². The molecule has 1 fully saturated rings. The Kier molecular flexibility index (Phi) is 5.81. The maximum atomic E-state index is 11.9. The van der Waals surface area contributed by atoms with Crippen LogP contribution in [-0.4, -0.2) is 56.0 Å². The second kappa shape index (κ2) is 6.89. The summed E-state index contributed by atoms with van der Waals surface area (Å²) in [7, 11) is -3.26. The zero-order valence-electron chi connectivity index (χ0n) is 11.0. The van der Waals surface area contributed by atoms with Crippen molar-refractivity contribution in [3.05, 3.63) is 12.7 Å². The van der Waals surface area contributed by atoms with Gasteiger partial charge in [0.1, 0.15) is 0 Å². The minimum Gasteiger partial charge on any atom is -0.343 e. The Labute approximate surface area is 110 Å². The lowest BCUT2D eigenvalue weighted by Crippen LogP contribution is -2.39. The molecule has 0 saturated carbocycles. The first kappa shape index (κ1) is 15.2. The minimum absolute atomic E-state index is 0.0485. The Morgan fingerprint density at radius 3 is 2.44 bits per heavy atom. The Balaban J connectivity index is 2.46. The number of carbonyl (C=O) groups is 1. The average Bonchev–Trinajstić information content (AvgIpc) is 2.33. The Hall–Kier alpha value is -0.880. The zero-order valence-corrected chi connectivity index (χ0v) is 11.8. The Morgan fingerprint density at radius 1 is 1.33 bits per heavy atom. The topological polar surface area (TPSA) is 57.7 Å². The van der Waals surface area contributed by atoms with Gasteiger partial charge >= 0.3 is 0 Å². The molecule has 0 spiro atoms. The number of rotatable bonds is 6. The third-order valence-corrected chi connectivity index (χ3v) is 4.36. The fourth-order valence-electron chi connectivity index (χ4n) is 2.06. The van der Waals surface area contributed by atoms with Crippen LogP contribution in [0.2, 0.25) is 0 Å². The van der Waals surface area contributed by atoms with Crippen molar-refractivity contribution in [2.24, 2.45) is 0 Å². The molecule has 18 heavy (non-hydrogen) atoms. The SMILES string of the molecule is C=CCN(CCC(=O)N1CCCCC1)S(C)(=O)=O. The van der Waals surface area contributed by atoms with Gasteiger partial charge in [-0.2, -0.15) is 4.31 Å². The summed E-state index contributed by atoms with van der Waals surface area (Å²) in [5.74, 6) is 0.0485. The van der Waals surface area contributed by atoms with Crippen LogP contribution in [0.4, 0.5) is 0 Å². The molecule has 0 radical (unpaired) electrons. The molecule has 1 amide bonds. The summed E-state index contributed by atoms with van der Waals surface area (Å²) in [6, 6.07) is 0. The van der Waals surface area contributed by atoms with Crippen LogP contribution >= 0.6 is 0 Å². The van der Waals surface area contributed by atoms with Crippen LogP contribution in [0.1, 0.15) is 25.7 Å². The molecular weight excluding hydrogens is 252 g/mol. The van der Waals surface area contributed by atoms with E-state index in [1.54, 1.807) is 0 Å². The molecule has 104 valence electrons. The molecule has 0 bridgehead atoms. The lowest BCUT2D eigenvalue weighted by atomic mass is 10.1. The van der Waals surface area contributed by atoms with E-state index < -0.39 is 10.0 Å².